The number of benzene rings is 2. The predicted molar refractivity (Wildman–Crippen MR) is 89.0 cm³/mol. The lowest BCUT2D eigenvalue weighted by molar-refractivity contribution is 0.758. The third kappa shape index (κ3) is 1.84. The lowest BCUT2D eigenvalue weighted by atomic mass is 10.1. The maximum atomic E-state index is 3.34. The topological polar surface area (TPSA) is 41.4 Å². The summed E-state index contributed by atoms with van der Waals surface area (Å²) >= 11 is 0. The molecule has 4 heteroatoms. The quantitative estimate of drug-likeness (QED) is 0.537. The number of rotatable bonds is 1. The lowest BCUT2D eigenvalue weighted by Crippen LogP contribution is -2.09. The number of aromatic amines is 2. The fraction of sp³-hybridized carbons (Fsp3) is 0.111. The van der Waals surface area contributed by atoms with Crippen molar-refractivity contribution in [2.75, 3.05) is 0 Å². The van der Waals surface area contributed by atoms with Gasteiger partial charge in [0.2, 0.25) is 0 Å². The zero-order valence-electron chi connectivity index (χ0n) is 12.7. The molecule has 0 atom stereocenters. The van der Waals surface area contributed by atoms with Gasteiger partial charge in [0.25, 0.3) is 0 Å². The zero-order chi connectivity index (χ0) is 15.1. The molecule has 2 aromatic rings. The van der Waals surface area contributed by atoms with E-state index in [1.807, 2.05) is 18.2 Å². The van der Waals surface area contributed by atoms with E-state index in [1.165, 1.54) is 11.0 Å². The highest BCUT2D eigenvalue weighted by Gasteiger charge is 2.05. The van der Waals surface area contributed by atoms with E-state index < -0.39 is 0 Å². The van der Waals surface area contributed by atoms with Gasteiger partial charge in [-0.05, 0) is 23.8 Å². The highest BCUT2D eigenvalue weighted by Crippen LogP contribution is 2.18. The van der Waals surface area contributed by atoms with E-state index in [0.29, 0.717) is 0 Å². The monoisotopic (exact) mass is 290 g/mol. The first-order valence-corrected chi connectivity index (χ1v) is 7.35. The molecule has 110 valence electrons. The summed E-state index contributed by atoms with van der Waals surface area (Å²) in [6, 6.07) is 20.9. The van der Waals surface area contributed by atoms with E-state index in [-0.39, 0.29) is 0 Å². The molecule has 2 N–H and O–H groups in total. The number of nitrogens with zero attached hydrogens (tertiary/aromatic N) is 2. The van der Waals surface area contributed by atoms with Crippen LogP contribution in [-0.4, -0.2) is 19.3 Å². The van der Waals surface area contributed by atoms with Gasteiger partial charge in [-0.25, -0.2) is 0 Å². The van der Waals surface area contributed by atoms with Crippen LogP contribution in [0.15, 0.2) is 60.7 Å². The largest absolute Gasteiger partial charge is 0.340 e. The first-order chi connectivity index (χ1) is 10.8. The molecule has 0 aromatic heterocycles. The Morgan fingerprint density at radius 3 is 2.09 bits per heavy atom. The number of hydrogen-bond acceptors (Lipinski definition) is 0. The number of hydrogen-bond donors (Lipinski definition) is 2. The Morgan fingerprint density at radius 2 is 1.36 bits per heavy atom. The molecule has 0 bridgehead atoms. The van der Waals surface area contributed by atoms with Crippen LogP contribution in [0.4, 0.5) is 0 Å². The summed E-state index contributed by atoms with van der Waals surface area (Å²) in [7, 11) is 4.18. The standard InChI is InChI=1S/C18H18N4/c1-21-15-10-6-7-11-16(15)22(2)18-17(21)12-14(19-20-18)13-8-4-3-5-9-13/h3-12,19-20H,1-2H3. The SMILES string of the molecule is Cn1c2cc(-c3ccccc3)[nH][nH]c=2n(C)c2ccccc21. The molecule has 2 aromatic carbocycles. The number of fused-ring (bicyclic) bond motifs is 1. The molecular weight excluding hydrogens is 272 g/mol. The van der Waals surface area contributed by atoms with Crippen molar-refractivity contribution in [2.45, 2.75) is 0 Å². The summed E-state index contributed by atoms with van der Waals surface area (Å²) in [4.78, 5) is 0. The minimum Gasteiger partial charge on any atom is -0.340 e. The molecule has 0 saturated heterocycles. The summed E-state index contributed by atoms with van der Waals surface area (Å²) < 4.78 is 4.40. The van der Waals surface area contributed by atoms with Crippen molar-refractivity contribution < 1.29 is 0 Å². The predicted octanol–water partition coefficient (Wildman–Crippen LogP) is 3.69. The van der Waals surface area contributed by atoms with Crippen molar-refractivity contribution in [1.29, 1.82) is 0 Å². The normalized spacial score (nSPS) is 11.2. The number of nitrogens with one attached hydrogen (secondary N) is 2. The molecule has 0 spiro atoms. The van der Waals surface area contributed by atoms with E-state index in [1.54, 1.807) is 0 Å². The molecule has 0 aliphatic carbocycles. The number of para-hydroxylation sites is 2. The van der Waals surface area contributed by atoms with E-state index >= 15 is 0 Å². The van der Waals surface area contributed by atoms with Crippen LogP contribution in [0.3, 0.4) is 0 Å². The first-order valence-electron chi connectivity index (χ1n) is 7.35. The van der Waals surface area contributed by atoms with Gasteiger partial charge in [-0.3, -0.25) is 10.2 Å². The molecule has 0 saturated carbocycles. The fourth-order valence-corrected chi connectivity index (χ4v) is 3.00. The van der Waals surface area contributed by atoms with Gasteiger partial charge < -0.3 is 9.13 Å². The van der Waals surface area contributed by atoms with Gasteiger partial charge in [0, 0.05) is 14.1 Å². The van der Waals surface area contributed by atoms with Gasteiger partial charge in [-0.2, -0.15) is 0 Å². The zero-order valence-corrected chi connectivity index (χ0v) is 12.7. The van der Waals surface area contributed by atoms with Crippen LogP contribution in [0, 0.1) is 10.8 Å². The minimum absolute atomic E-state index is 1.06. The van der Waals surface area contributed by atoms with Crippen LogP contribution in [0.2, 0.25) is 0 Å². The van der Waals surface area contributed by atoms with E-state index in [4.69, 9.17) is 0 Å². The van der Waals surface area contributed by atoms with Crippen molar-refractivity contribution in [3.05, 3.63) is 71.5 Å². The summed E-state index contributed by atoms with van der Waals surface area (Å²) in [5.74, 6) is 0. The van der Waals surface area contributed by atoms with Crippen LogP contribution in [-0.2, 0) is 14.1 Å². The molecule has 2 heterocycles. The van der Waals surface area contributed by atoms with E-state index in [2.05, 4.69) is 75.9 Å². The van der Waals surface area contributed by atoms with Crippen LogP contribution in [0.25, 0.3) is 22.3 Å². The molecule has 0 fully saturated rings. The molecule has 0 unspecified atom stereocenters. The van der Waals surface area contributed by atoms with E-state index in [9.17, 15) is 0 Å². The Morgan fingerprint density at radius 1 is 0.727 bits per heavy atom. The Balaban J connectivity index is 2.13. The molecule has 4 rings (SSSR count). The average Bonchev–Trinajstić information content (AvgIpc) is 2.60. The second kappa shape index (κ2) is 4.84. The minimum atomic E-state index is 1.06. The van der Waals surface area contributed by atoms with E-state index in [0.717, 1.165) is 22.1 Å². The number of aryl methyl sites for hydroxylation is 2. The molecular formula is C18H18N4. The van der Waals surface area contributed by atoms with Crippen LogP contribution < -0.4 is 0 Å². The second-order valence-electron chi connectivity index (χ2n) is 5.51. The fourth-order valence-electron chi connectivity index (χ4n) is 3.00. The molecule has 0 radical (unpaired) electrons. The summed E-state index contributed by atoms with van der Waals surface area (Å²) in [6.07, 6.45) is 0. The maximum Gasteiger partial charge on any atom is 0.149 e. The average molecular weight is 290 g/mol. The molecule has 4 nitrogen and oxygen atoms in total. The van der Waals surface area contributed by atoms with Gasteiger partial charge in [0.15, 0.2) is 0 Å². The third-order valence-electron chi connectivity index (χ3n) is 4.23. The summed E-state index contributed by atoms with van der Waals surface area (Å²) in [5.41, 5.74) is 5.68. The van der Waals surface area contributed by atoms with Crippen molar-refractivity contribution in [1.82, 2.24) is 19.3 Å². The van der Waals surface area contributed by atoms with Crippen LogP contribution >= 0.6 is 0 Å². The summed E-state index contributed by atoms with van der Waals surface area (Å²) in [5, 5.41) is 7.79. The highest BCUT2D eigenvalue weighted by atomic mass is 15.2. The highest BCUT2D eigenvalue weighted by molar-refractivity contribution is 5.75. The number of H-pyrrole nitrogens is 2. The van der Waals surface area contributed by atoms with Gasteiger partial charge >= 0.3 is 0 Å². The van der Waals surface area contributed by atoms with Crippen LogP contribution in [0.1, 0.15) is 0 Å². The van der Waals surface area contributed by atoms with Crippen molar-refractivity contribution in [2.24, 2.45) is 14.1 Å². The maximum absolute atomic E-state index is 3.34. The summed E-state index contributed by atoms with van der Waals surface area (Å²) in [6.45, 7) is 0. The molecule has 22 heavy (non-hydrogen) atoms. The molecule has 2 aliphatic heterocycles. The van der Waals surface area contributed by atoms with Crippen molar-refractivity contribution in [3.63, 3.8) is 0 Å². The van der Waals surface area contributed by atoms with Gasteiger partial charge in [0.1, 0.15) is 5.48 Å². The van der Waals surface area contributed by atoms with Gasteiger partial charge in [0.05, 0.1) is 22.1 Å². The van der Waals surface area contributed by atoms with Gasteiger partial charge in [-0.15, -0.1) is 0 Å². The lowest BCUT2D eigenvalue weighted by Gasteiger charge is -2.15. The third-order valence-corrected chi connectivity index (χ3v) is 4.23. The number of aromatic nitrogens is 4. The molecule has 0 amide bonds. The Bertz CT molecular complexity index is 1040. The second-order valence-corrected chi connectivity index (χ2v) is 5.51. The Kier molecular flexibility index (Phi) is 2.82. The Hall–Kier alpha value is -2.88. The first kappa shape index (κ1) is 12.8. The van der Waals surface area contributed by atoms with Crippen molar-refractivity contribution >= 4 is 11.0 Å². The molecule has 2 aliphatic rings. The van der Waals surface area contributed by atoms with Gasteiger partial charge in [-0.1, -0.05) is 42.5 Å². The van der Waals surface area contributed by atoms with Crippen molar-refractivity contribution in [3.8, 4) is 11.3 Å². The Labute approximate surface area is 128 Å². The van der Waals surface area contributed by atoms with Crippen LogP contribution in [0.5, 0.6) is 0 Å². The smallest absolute Gasteiger partial charge is 0.149 e.